The predicted octanol–water partition coefficient (Wildman–Crippen LogP) is 3.04. The zero-order chi connectivity index (χ0) is 14.4. The van der Waals surface area contributed by atoms with Crippen LogP contribution in [-0.2, 0) is 0 Å². The highest BCUT2D eigenvalue weighted by Crippen LogP contribution is 2.16. The fourth-order valence-corrected chi connectivity index (χ4v) is 1.94. The van der Waals surface area contributed by atoms with Gasteiger partial charge in [-0.1, -0.05) is 22.0 Å². The van der Waals surface area contributed by atoms with Crippen LogP contribution < -0.4 is 15.8 Å². The topological polar surface area (TPSA) is 64.4 Å². The molecule has 3 N–H and O–H groups in total. The van der Waals surface area contributed by atoms with Crippen LogP contribution >= 0.6 is 15.9 Å². The molecule has 1 amide bonds. The van der Waals surface area contributed by atoms with Crippen LogP contribution in [0.2, 0.25) is 0 Å². The predicted molar refractivity (Wildman–Crippen MR) is 83.1 cm³/mol. The van der Waals surface area contributed by atoms with Gasteiger partial charge >= 0.3 is 0 Å². The van der Waals surface area contributed by atoms with Gasteiger partial charge in [-0.25, -0.2) is 0 Å². The van der Waals surface area contributed by atoms with Gasteiger partial charge in [-0.2, -0.15) is 0 Å². The highest BCUT2D eigenvalue weighted by molar-refractivity contribution is 9.10. The van der Waals surface area contributed by atoms with Crippen LogP contribution in [0.15, 0.2) is 53.0 Å². The molecule has 20 heavy (non-hydrogen) atoms. The van der Waals surface area contributed by atoms with Gasteiger partial charge in [-0.15, -0.1) is 0 Å². The Labute approximate surface area is 126 Å². The van der Waals surface area contributed by atoms with E-state index in [2.05, 4.69) is 21.2 Å². The van der Waals surface area contributed by atoms with E-state index in [1.165, 1.54) is 0 Å². The molecule has 0 saturated carbocycles. The van der Waals surface area contributed by atoms with E-state index in [4.69, 9.17) is 10.5 Å². The van der Waals surface area contributed by atoms with Gasteiger partial charge in [0.05, 0.1) is 0 Å². The van der Waals surface area contributed by atoms with Crippen molar-refractivity contribution in [2.75, 3.05) is 18.5 Å². The molecule has 0 aliphatic carbocycles. The van der Waals surface area contributed by atoms with E-state index in [-0.39, 0.29) is 0 Å². The van der Waals surface area contributed by atoms with E-state index in [0.717, 1.165) is 15.9 Å². The first-order valence-corrected chi connectivity index (χ1v) is 6.96. The number of amides is 1. The van der Waals surface area contributed by atoms with E-state index < -0.39 is 5.91 Å². The third-order valence-corrected chi connectivity index (χ3v) is 3.19. The van der Waals surface area contributed by atoms with Crippen molar-refractivity contribution in [3.05, 3.63) is 58.6 Å². The summed E-state index contributed by atoms with van der Waals surface area (Å²) in [5.74, 6) is 0.389. The Bertz CT molecular complexity index is 585. The molecule has 0 aromatic heterocycles. The summed E-state index contributed by atoms with van der Waals surface area (Å²) < 4.78 is 6.61. The summed E-state index contributed by atoms with van der Waals surface area (Å²) in [6.07, 6.45) is 0. The smallest absolute Gasteiger partial charge is 0.248 e. The first-order chi connectivity index (χ1) is 9.65. The highest BCUT2D eigenvalue weighted by atomic mass is 79.9. The van der Waals surface area contributed by atoms with Gasteiger partial charge in [-0.05, 0) is 42.5 Å². The van der Waals surface area contributed by atoms with Gasteiger partial charge in [0.15, 0.2) is 0 Å². The first kappa shape index (κ1) is 14.4. The minimum atomic E-state index is -0.431. The van der Waals surface area contributed by atoms with Crippen LogP contribution in [-0.4, -0.2) is 19.1 Å². The average molecular weight is 335 g/mol. The van der Waals surface area contributed by atoms with Gasteiger partial charge in [-0.3, -0.25) is 4.79 Å². The number of ether oxygens (including phenoxy) is 1. The molecule has 2 aromatic carbocycles. The van der Waals surface area contributed by atoms with Crippen LogP contribution in [0.5, 0.6) is 5.75 Å². The molecule has 104 valence electrons. The van der Waals surface area contributed by atoms with Crippen molar-refractivity contribution in [3.63, 3.8) is 0 Å². The molecule has 0 atom stereocenters. The Morgan fingerprint density at radius 3 is 2.65 bits per heavy atom. The van der Waals surface area contributed by atoms with Crippen molar-refractivity contribution in [2.45, 2.75) is 0 Å². The Hall–Kier alpha value is -2.01. The normalized spacial score (nSPS) is 10.1. The van der Waals surface area contributed by atoms with Gasteiger partial charge in [0.1, 0.15) is 12.4 Å². The summed E-state index contributed by atoms with van der Waals surface area (Å²) in [6.45, 7) is 1.17. The van der Waals surface area contributed by atoms with Crippen molar-refractivity contribution in [2.24, 2.45) is 5.73 Å². The molecule has 0 spiro atoms. The fourth-order valence-electron chi connectivity index (χ4n) is 1.68. The summed E-state index contributed by atoms with van der Waals surface area (Å²) >= 11 is 3.37. The number of carbonyl (C=O) groups excluding carboxylic acids is 1. The number of nitrogens with one attached hydrogen (secondary N) is 1. The summed E-state index contributed by atoms with van der Waals surface area (Å²) in [5.41, 5.74) is 6.57. The SMILES string of the molecule is NC(=O)c1cccc(NCCOc2ccc(Br)cc2)c1. The standard InChI is InChI=1S/C15H15BrN2O2/c16-12-4-6-14(7-5-12)20-9-8-18-13-3-1-2-11(10-13)15(17)19/h1-7,10,18H,8-9H2,(H2,17,19). The lowest BCUT2D eigenvalue weighted by molar-refractivity contribution is 0.100. The van der Waals surface area contributed by atoms with E-state index in [1.807, 2.05) is 30.3 Å². The van der Waals surface area contributed by atoms with Gasteiger partial charge < -0.3 is 15.8 Å². The van der Waals surface area contributed by atoms with Gasteiger partial charge in [0.2, 0.25) is 5.91 Å². The molecule has 0 aliphatic rings. The number of benzene rings is 2. The molecule has 0 unspecified atom stereocenters. The van der Waals surface area contributed by atoms with Crippen LogP contribution in [0.1, 0.15) is 10.4 Å². The quantitative estimate of drug-likeness (QED) is 0.798. The molecule has 0 aliphatic heterocycles. The lowest BCUT2D eigenvalue weighted by atomic mass is 10.2. The van der Waals surface area contributed by atoms with Crippen LogP contribution in [0.25, 0.3) is 0 Å². The maximum absolute atomic E-state index is 11.1. The third-order valence-electron chi connectivity index (χ3n) is 2.66. The zero-order valence-electron chi connectivity index (χ0n) is 10.8. The molecule has 5 heteroatoms. The lowest BCUT2D eigenvalue weighted by Gasteiger charge is -2.09. The maximum atomic E-state index is 11.1. The van der Waals surface area contributed by atoms with Crippen LogP contribution in [0.3, 0.4) is 0 Å². The summed E-state index contributed by atoms with van der Waals surface area (Å²) in [6, 6.07) is 14.7. The number of hydrogen-bond donors (Lipinski definition) is 2. The number of anilines is 1. The minimum Gasteiger partial charge on any atom is -0.492 e. The zero-order valence-corrected chi connectivity index (χ0v) is 12.4. The second-order valence-electron chi connectivity index (χ2n) is 4.17. The van der Waals surface area contributed by atoms with Crippen molar-refractivity contribution >= 4 is 27.5 Å². The van der Waals surface area contributed by atoms with Crippen LogP contribution in [0, 0.1) is 0 Å². The number of nitrogens with two attached hydrogens (primary N) is 1. The molecule has 0 heterocycles. The molecule has 2 aromatic rings. The molecular weight excluding hydrogens is 320 g/mol. The number of primary amides is 1. The van der Waals surface area contributed by atoms with Crippen molar-refractivity contribution in [1.82, 2.24) is 0 Å². The first-order valence-electron chi connectivity index (χ1n) is 6.17. The lowest BCUT2D eigenvalue weighted by Crippen LogP contribution is -2.13. The second kappa shape index (κ2) is 6.96. The molecule has 0 radical (unpaired) electrons. The molecular formula is C15H15BrN2O2. The Morgan fingerprint density at radius 2 is 1.95 bits per heavy atom. The number of halogens is 1. The van der Waals surface area contributed by atoms with Gasteiger partial charge in [0, 0.05) is 22.3 Å². The average Bonchev–Trinajstić information content (AvgIpc) is 2.46. The number of rotatable bonds is 6. The highest BCUT2D eigenvalue weighted by Gasteiger charge is 2.00. The molecule has 2 rings (SSSR count). The Morgan fingerprint density at radius 1 is 1.20 bits per heavy atom. The summed E-state index contributed by atoms with van der Waals surface area (Å²) in [7, 11) is 0. The largest absolute Gasteiger partial charge is 0.492 e. The van der Waals surface area contributed by atoms with Crippen molar-refractivity contribution < 1.29 is 9.53 Å². The fraction of sp³-hybridized carbons (Fsp3) is 0.133. The minimum absolute atomic E-state index is 0.431. The summed E-state index contributed by atoms with van der Waals surface area (Å²) in [4.78, 5) is 11.1. The molecule has 0 bridgehead atoms. The van der Waals surface area contributed by atoms with E-state index in [9.17, 15) is 4.79 Å². The van der Waals surface area contributed by atoms with Crippen molar-refractivity contribution in [3.8, 4) is 5.75 Å². The Balaban J connectivity index is 1.79. The van der Waals surface area contributed by atoms with E-state index in [1.54, 1.807) is 18.2 Å². The summed E-state index contributed by atoms with van der Waals surface area (Å²) in [5, 5.41) is 3.18. The number of carbonyl (C=O) groups is 1. The second-order valence-corrected chi connectivity index (χ2v) is 5.09. The third kappa shape index (κ3) is 4.28. The number of hydrogen-bond acceptors (Lipinski definition) is 3. The molecule has 0 saturated heterocycles. The van der Waals surface area contributed by atoms with E-state index >= 15 is 0 Å². The maximum Gasteiger partial charge on any atom is 0.248 e. The Kier molecular flexibility index (Phi) is 5.01. The monoisotopic (exact) mass is 334 g/mol. The van der Waals surface area contributed by atoms with E-state index in [0.29, 0.717) is 18.7 Å². The van der Waals surface area contributed by atoms with Gasteiger partial charge in [0.25, 0.3) is 0 Å². The van der Waals surface area contributed by atoms with Crippen molar-refractivity contribution in [1.29, 1.82) is 0 Å². The van der Waals surface area contributed by atoms with Crippen LogP contribution in [0.4, 0.5) is 5.69 Å². The molecule has 0 fully saturated rings. The molecule has 4 nitrogen and oxygen atoms in total.